The number of benzene rings is 1. The Balaban J connectivity index is 1.41. The van der Waals surface area contributed by atoms with Gasteiger partial charge in [-0.3, -0.25) is 4.79 Å². The fourth-order valence-electron chi connectivity index (χ4n) is 4.78. The van der Waals surface area contributed by atoms with E-state index in [0.29, 0.717) is 0 Å². The van der Waals surface area contributed by atoms with Gasteiger partial charge >= 0.3 is 0 Å². The highest BCUT2D eigenvalue weighted by Crippen LogP contribution is 2.30. The number of aryl methyl sites for hydroxylation is 1. The van der Waals surface area contributed by atoms with E-state index in [1.807, 2.05) is 25.4 Å². The number of fused-ring (bicyclic) bond motifs is 1. The lowest BCUT2D eigenvalue weighted by Crippen LogP contribution is -2.47. The van der Waals surface area contributed by atoms with Gasteiger partial charge in [-0.15, -0.1) is 0 Å². The molecule has 25 heavy (non-hydrogen) atoms. The smallest absolute Gasteiger partial charge is 0.253 e. The van der Waals surface area contributed by atoms with Gasteiger partial charge in [-0.2, -0.15) is 0 Å². The summed E-state index contributed by atoms with van der Waals surface area (Å²) >= 11 is 0. The van der Waals surface area contributed by atoms with E-state index in [1.54, 1.807) is 0 Å². The number of carbonyl (C=O) groups is 1. The first-order valence-electron chi connectivity index (χ1n) is 9.68. The summed E-state index contributed by atoms with van der Waals surface area (Å²) in [6.45, 7) is 3.04. The summed E-state index contributed by atoms with van der Waals surface area (Å²) in [5, 5.41) is 1.15. The van der Waals surface area contributed by atoms with Crippen molar-refractivity contribution in [2.45, 2.75) is 38.1 Å². The molecule has 2 aliphatic heterocycles. The summed E-state index contributed by atoms with van der Waals surface area (Å²) in [5.74, 6) is 0.951. The molecule has 134 valence electrons. The predicted octanol–water partition coefficient (Wildman–Crippen LogP) is 3.51. The lowest BCUT2D eigenvalue weighted by Gasteiger charge is -2.42. The lowest BCUT2D eigenvalue weighted by molar-refractivity contribution is 0.0555. The minimum atomic E-state index is 0.196. The standard InChI is InChI=1S/C21H29N3O/c1-22-11-4-3-5-19(22)16-9-13-24(14-10-16)21(25)18-6-7-20-17(15-18)8-12-23(20)2/h6-8,12,15-16,19H,3-5,9-11,13-14H2,1-2H3. The summed E-state index contributed by atoms with van der Waals surface area (Å²) in [6, 6.07) is 8.89. The molecule has 0 aliphatic carbocycles. The molecule has 2 aromatic rings. The second kappa shape index (κ2) is 6.83. The number of carbonyl (C=O) groups excluding carboxylic acids is 1. The SMILES string of the molecule is CN1CCCCC1C1CCN(C(=O)c2ccc3c(ccn3C)c2)CC1. The highest BCUT2D eigenvalue weighted by molar-refractivity contribution is 5.98. The van der Waals surface area contributed by atoms with E-state index in [9.17, 15) is 4.79 Å². The maximum Gasteiger partial charge on any atom is 0.253 e. The maximum atomic E-state index is 12.9. The first-order valence-corrected chi connectivity index (χ1v) is 9.68. The quantitative estimate of drug-likeness (QED) is 0.837. The molecule has 2 aliphatic rings. The third-order valence-electron chi connectivity index (χ3n) is 6.33. The van der Waals surface area contributed by atoms with Gasteiger partial charge in [0.15, 0.2) is 0 Å². The van der Waals surface area contributed by atoms with Crippen LogP contribution in [0.5, 0.6) is 0 Å². The summed E-state index contributed by atoms with van der Waals surface area (Å²) in [4.78, 5) is 17.5. The molecule has 4 rings (SSSR count). The van der Waals surface area contributed by atoms with Crippen LogP contribution >= 0.6 is 0 Å². The molecule has 0 saturated carbocycles. The molecule has 1 aromatic heterocycles. The van der Waals surface area contributed by atoms with E-state index in [0.717, 1.165) is 48.8 Å². The van der Waals surface area contributed by atoms with Crippen LogP contribution in [0.3, 0.4) is 0 Å². The average molecular weight is 339 g/mol. The Morgan fingerprint density at radius 1 is 1.00 bits per heavy atom. The Morgan fingerprint density at radius 3 is 2.56 bits per heavy atom. The van der Waals surface area contributed by atoms with E-state index in [1.165, 1.54) is 31.3 Å². The molecule has 0 bridgehead atoms. The molecule has 4 heteroatoms. The molecular weight excluding hydrogens is 310 g/mol. The molecule has 0 radical (unpaired) electrons. The second-order valence-corrected chi connectivity index (χ2v) is 7.87. The topological polar surface area (TPSA) is 28.5 Å². The zero-order chi connectivity index (χ0) is 17.4. The Labute approximate surface area is 150 Å². The average Bonchev–Trinajstić information content (AvgIpc) is 3.02. The van der Waals surface area contributed by atoms with E-state index in [-0.39, 0.29) is 5.91 Å². The van der Waals surface area contributed by atoms with Gasteiger partial charge in [0.05, 0.1) is 0 Å². The fourth-order valence-corrected chi connectivity index (χ4v) is 4.78. The van der Waals surface area contributed by atoms with Crippen LogP contribution in [0, 0.1) is 5.92 Å². The van der Waals surface area contributed by atoms with Crippen LogP contribution in [0.1, 0.15) is 42.5 Å². The van der Waals surface area contributed by atoms with Crippen molar-refractivity contribution in [3.8, 4) is 0 Å². The van der Waals surface area contributed by atoms with Gasteiger partial charge in [0.1, 0.15) is 0 Å². The fraction of sp³-hybridized carbons (Fsp3) is 0.571. The number of piperidine rings is 2. The normalized spacial score (nSPS) is 23.3. The number of likely N-dealkylation sites (tertiary alicyclic amines) is 2. The van der Waals surface area contributed by atoms with Crippen molar-refractivity contribution in [3.63, 3.8) is 0 Å². The van der Waals surface area contributed by atoms with Gasteiger partial charge in [0, 0.05) is 48.8 Å². The van der Waals surface area contributed by atoms with Crippen molar-refractivity contribution in [3.05, 3.63) is 36.0 Å². The van der Waals surface area contributed by atoms with E-state index >= 15 is 0 Å². The maximum absolute atomic E-state index is 12.9. The third-order valence-corrected chi connectivity index (χ3v) is 6.33. The zero-order valence-corrected chi connectivity index (χ0v) is 15.4. The number of rotatable bonds is 2. The van der Waals surface area contributed by atoms with Crippen LogP contribution in [0.4, 0.5) is 0 Å². The second-order valence-electron chi connectivity index (χ2n) is 7.87. The molecular formula is C21H29N3O. The molecule has 3 heterocycles. The monoisotopic (exact) mass is 339 g/mol. The minimum Gasteiger partial charge on any atom is -0.351 e. The Morgan fingerprint density at radius 2 is 1.80 bits per heavy atom. The van der Waals surface area contributed by atoms with Crippen molar-refractivity contribution in [2.24, 2.45) is 13.0 Å². The van der Waals surface area contributed by atoms with Crippen LogP contribution in [0.15, 0.2) is 30.5 Å². The predicted molar refractivity (Wildman–Crippen MR) is 102 cm³/mol. The number of hydrogen-bond donors (Lipinski definition) is 0. The highest BCUT2D eigenvalue weighted by Gasteiger charge is 2.32. The van der Waals surface area contributed by atoms with Gasteiger partial charge in [0.2, 0.25) is 0 Å². The van der Waals surface area contributed by atoms with Crippen LogP contribution in [0.2, 0.25) is 0 Å². The van der Waals surface area contributed by atoms with Crippen molar-refractivity contribution in [1.82, 2.24) is 14.4 Å². The van der Waals surface area contributed by atoms with Crippen LogP contribution in [-0.4, -0.2) is 53.0 Å². The molecule has 2 fully saturated rings. The van der Waals surface area contributed by atoms with Gasteiger partial charge in [-0.05, 0) is 69.5 Å². The molecule has 1 unspecified atom stereocenters. The first kappa shape index (κ1) is 16.6. The largest absolute Gasteiger partial charge is 0.351 e. The molecule has 2 saturated heterocycles. The Bertz CT molecular complexity index is 758. The third kappa shape index (κ3) is 3.20. The van der Waals surface area contributed by atoms with Crippen molar-refractivity contribution in [2.75, 3.05) is 26.7 Å². The highest BCUT2D eigenvalue weighted by atomic mass is 16.2. The molecule has 0 spiro atoms. The van der Waals surface area contributed by atoms with Crippen LogP contribution in [-0.2, 0) is 7.05 Å². The van der Waals surface area contributed by atoms with Gasteiger partial charge in [-0.1, -0.05) is 6.42 Å². The van der Waals surface area contributed by atoms with E-state index < -0.39 is 0 Å². The molecule has 4 nitrogen and oxygen atoms in total. The van der Waals surface area contributed by atoms with E-state index in [2.05, 4.69) is 33.5 Å². The van der Waals surface area contributed by atoms with Crippen LogP contribution in [0.25, 0.3) is 10.9 Å². The van der Waals surface area contributed by atoms with Gasteiger partial charge < -0.3 is 14.4 Å². The number of amides is 1. The van der Waals surface area contributed by atoms with Gasteiger partial charge in [0.25, 0.3) is 5.91 Å². The Kier molecular flexibility index (Phi) is 4.55. The lowest BCUT2D eigenvalue weighted by atomic mass is 9.84. The van der Waals surface area contributed by atoms with E-state index in [4.69, 9.17) is 0 Å². The van der Waals surface area contributed by atoms with Crippen molar-refractivity contribution >= 4 is 16.8 Å². The molecule has 1 aromatic carbocycles. The zero-order valence-electron chi connectivity index (χ0n) is 15.4. The first-order chi connectivity index (χ1) is 12.1. The Hall–Kier alpha value is -1.81. The minimum absolute atomic E-state index is 0.196. The number of nitrogens with zero attached hydrogens (tertiary/aromatic N) is 3. The summed E-state index contributed by atoms with van der Waals surface area (Å²) < 4.78 is 2.09. The summed E-state index contributed by atoms with van der Waals surface area (Å²) in [6.07, 6.45) is 8.38. The van der Waals surface area contributed by atoms with Crippen LogP contribution < -0.4 is 0 Å². The molecule has 1 atom stereocenters. The van der Waals surface area contributed by atoms with Crippen molar-refractivity contribution < 1.29 is 4.79 Å². The number of hydrogen-bond acceptors (Lipinski definition) is 2. The molecule has 1 amide bonds. The summed E-state index contributed by atoms with van der Waals surface area (Å²) in [5.41, 5.74) is 2.00. The van der Waals surface area contributed by atoms with Gasteiger partial charge in [-0.25, -0.2) is 0 Å². The molecule has 0 N–H and O–H groups in total. The summed E-state index contributed by atoms with van der Waals surface area (Å²) in [7, 11) is 4.31. The number of aromatic nitrogens is 1. The van der Waals surface area contributed by atoms with Crippen molar-refractivity contribution in [1.29, 1.82) is 0 Å².